The molecule has 0 aliphatic heterocycles. The van der Waals surface area contributed by atoms with Crippen molar-refractivity contribution in [2.24, 2.45) is 0 Å². The smallest absolute Gasteiger partial charge is 0.280 e. The summed E-state index contributed by atoms with van der Waals surface area (Å²) in [6.07, 6.45) is -2.87. The summed E-state index contributed by atoms with van der Waals surface area (Å²) in [5.41, 5.74) is -1.11. The zero-order chi connectivity index (χ0) is 17.3. The van der Waals surface area contributed by atoms with Gasteiger partial charge in [-0.25, -0.2) is 8.42 Å². The summed E-state index contributed by atoms with van der Waals surface area (Å²) in [4.78, 5) is 0.351. The quantitative estimate of drug-likeness (QED) is 0.767. The van der Waals surface area contributed by atoms with Crippen molar-refractivity contribution in [3.05, 3.63) is 53.1 Å². The van der Waals surface area contributed by atoms with Crippen LogP contribution < -0.4 is 4.72 Å². The Morgan fingerprint density at radius 1 is 1.13 bits per heavy atom. The van der Waals surface area contributed by atoms with Gasteiger partial charge in [0.25, 0.3) is 10.0 Å². The number of hydrogen-bond acceptors (Lipinski definition) is 3. The molecule has 0 saturated heterocycles. The first-order valence-corrected chi connectivity index (χ1v) is 9.26. The van der Waals surface area contributed by atoms with Crippen LogP contribution >= 0.6 is 23.4 Å². The molecule has 1 N–H and O–H groups in total. The van der Waals surface area contributed by atoms with Crippen LogP contribution in [0.1, 0.15) is 5.56 Å². The van der Waals surface area contributed by atoms with Crippen molar-refractivity contribution in [3.8, 4) is 0 Å². The van der Waals surface area contributed by atoms with Crippen molar-refractivity contribution in [2.45, 2.75) is 16.0 Å². The highest BCUT2D eigenvalue weighted by Crippen LogP contribution is 2.32. The van der Waals surface area contributed by atoms with Gasteiger partial charge in [0.05, 0.1) is 5.56 Å². The molecule has 0 saturated carbocycles. The van der Waals surface area contributed by atoms with Crippen LogP contribution in [0.2, 0.25) is 5.02 Å². The Balaban J connectivity index is 2.42. The van der Waals surface area contributed by atoms with Crippen molar-refractivity contribution in [2.75, 3.05) is 11.0 Å². The van der Waals surface area contributed by atoms with Crippen LogP contribution in [-0.4, -0.2) is 14.7 Å². The Labute approximate surface area is 140 Å². The van der Waals surface area contributed by atoms with E-state index in [9.17, 15) is 21.6 Å². The fourth-order valence-electron chi connectivity index (χ4n) is 1.83. The molecule has 2 aromatic carbocycles. The molecule has 0 bridgehead atoms. The minimum atomic E-state index is -4.55. The Bertz CT molecular complexity index is 823. The molecular formula is C14H11ClF3NO2S2. The molecule has 0 aliphatic rings. The molecule has 124 valence electrons. The Kier molecular flexibility index (Phi) is 5.17. The van der Waals surface area contributed by atoms with Gasteiger partial charge in [-0.1, -0.05) is 17.7 Å². The summed E-state index contributed by atoms with van der Waals surface area (Å²) < 4.78 is 65.1. The molecule has 0 amide bonds. The minimum absolute atomic E-state index is 0.0880. The van der Waals surface area contributed by atoms with Crippen LogP contribution in [0.25, 0.3) is 0 Å². The van der Waals surface area contributed by atoms with Gasteiger partial charge in [-0.2, -0.15) is 13.2 Å². The maximum absolute atomic E-state index is 12.7. The number of rotatable bonds is 4. The summed E-state index contributed by atoms with van der Waals surface area (Å²) in [6, 6.07) is 8.31. The first kappa shape index (κ1) is 18.0. The van der Waals surface area contributed by atoms with Gasteiger partial charge in [0.2, 0.25) is 0 Å². The Morgan fingerprint density at radius 3 is 2.43 bits per heavy atom. The van der Waals surface area contributed by atoms with Crippen LogP contribution in [0, 0.1) is 0 Å². The molecule has 2 aromatic rings. The van der Waals surface area contributed by atoms with E-state index in [1.165, 1.54) is 36.0 Å². The molecule has 9 heteroatoms. The number of anilines is 1. The van der Waals surface area contributed by atoms with Gasteiger partial charge in [-0.05, 0) is 42.7 Å². The van der Waals surface area contributed by atoms with E-state index in [1.807, 2.05) is 0 Å². The van der Waals surface area contributed by atoms with E-state index < -0.39 is 21.8 Å². The van der Waals surface area contributed by atoms with Gasteiger partial charge >= 0.3 is 6.18 Å². The zero-order valence-electron chi connectivity index (χ0n) is 11.7. The molecule has 0 unspecified atom stereocenters. The number of sulfonamides is 1. The predicted molar refractivity (Wildman–Crippen MR) is 85.5 cm³/mol. The average molecular weight is 382 g/mol. The SMILES string of the molecule is CSc1ccc(Cl)cc1S(=O)(=O)Nc1cccc(C(F)(F)F)c1. The number of halogens is 4. The number of nitrogens with one attached hydrogen (secondary N) is 1. The van der Waals surface area contributed by atoms with Crippen molar-refractivity contribution in [3.63, 3.8) is 0 Å². The third-order valence-electron chi connectivity index (χ3n) is 2.86. The summed E-state index contributed by atoms with van der Waals surface area (Å²) in [7, 11) is -4.06. The van der Waals surface area contributed by atoms with Crippen LogP contribution in [0.15, 0.2) is 52.3 Å². The number of thioether (sulfide) groups is 1. The van der Waals surface area contributed by atoms with Gasteiger partial charge < -0.3 is 0 Å². The molecule has 0 atom stereocenters. The second-order valence-corrected chi connectivity index (χ2v) is 7.41. The van der Waals surface area contributed by atoms with Crippen LogP contribution in [-0.2, 0) is 16.2 Å². The summed E-state index contributed by atoms with van der Waals surface area (Å²) in [5.74, 6) is 0. The van der Waals surface area contributed by atoms with Crippen LogP contribution in [0.5, 0.6) is 0 Å². The van der Waals surface area contributed by atoms with Crippen molar-refractivity contribution in [1.82, 2.24) is 0 Å². The van der Waals surface area contributed by atoms with Gasteiger partial charge in [-0.15, -0.1) is 11.8 Å². The van der Waals surface area contributed by atoms with Gasteiger partial charge in [0, 0.05) is 15.6 Å². The normalized spacial score (nSPS) is 12.2. The van der Waals surface area contributed by atoms with E-state index in [2.05, 4.69) is 4.72 Å². The van der Waals surface area contributed by atoms with E-state index in [4.69, 9.17) is 11.6 Å². The summed E-state index contributed by atoms with van der Waals surface area (Å²) in [6.45, 7) is 0. The van der Waals surface area contributed by atoms with Crippen LogP contribution in [0.3, 0.4) is 0 Å². The van der Waals surface area contributed by atoms with Crippen LogP contribution in [0.4, 0.5) is 18.9 Å². The molecule has 2 rings (SSSR count). The molecular weight excluding hydrogens is 371 g/mol. The maximum Gasteiger partial charge on any atom is 0.416 e. The molecule has 0 aliphatic carbocycles. The highest BCUT2D eigenvalue weighted by atomic mass is 35.5. The van der Waals surface area contributed by atoms with Gasteiger partial charge in [0.1, 0.15) is 4.90 Å². The maximum atomic E-state index is 12.7. The second-order valence-electron chi connectivity index (χ2n) is 4.48. The van der Waals surface area contributed by atoms with Gasteiger partial charge in [-0.3, -0.25) is 4.72 Å². The van der Waals surface area contributed by atoms with E-state index in [-0.39, 0.29) is 15.6 Å². The third kappa shape index (κ3) is 4.33. The molecule has 0 heterocycles. The molecule has 23 heavy (non-hydrogen) atoms. The average Bonchev–Trinajstić information content (AvgIpc) is 2.46. The molecule has 0 fully saturated rings. The second kappa shape index (κ2) is 6.62. The zero-order valence-corrected chi connectivity index (χ0v) is 14.1. The largest absolute Gasteiger partial charge is 0.416 e. The van der Waals surface area contributed by atoms with Crippen molar-refractivity contribution < 1.29 is 21.6 Å². The predicted octanol–water partition coefficient (Wildman–Crippen LogP) is 4.88. The summed E-state index contributed by atoms with van der Waals surface area (Å²) >= 11 is 7.01. The highest BCUT2D eigenvalue weighted by Gasteiger charge is 2.31. The number of benzene rings is 2. The molecule has 0 radical (unpaired) electrons. The fraction of sp³-hybridized carbons (Fsp3) is 0.143. The van der Waals surface area contributed by atoms with E-state index >= 15 is 0 Å². The standard InChI is InChI=1S/C14H11ClF3NO2S2/c1-22-12-6-5-10(15)8-13(12)23(20,21)19-11-4-2-3-9(7-11)14(16,17)18/h2-8,19H,1H3. The fourth-order valence-corrected chi connectivity index (χ4v) is 4.27. The number of hydrogen-bond donors (Lipinski definition) is 1. The first-order valence-electron chi connectivity index (χ1n) is 6.17. The summed E-state index contributed by atoms with van der Waals surface area (Å²) in [5, 5.41) is 0.215. The lowest BCUT2D eigenvalue weighted by molar-refractivity contribution is -0.137. The van der Waals surface area contributed by atoms with Crippen molar-refractivity contribution in [1.29, 1.82) is 0 Å². The Hall–Kier alpha value is -1.38. The lowest BCUT2D eigenvalue weighted by Crippen LogP contribution is -2.15. The van der Waals surface area contributed by atoms with Gasteiger partial charge in [0.15, 0.2) is 0 Å². The third-order valence-corrected chi connectivity index (χ3v) is 5.44. The molecule has 0 spiro atoms. The van der Waals surface area contributed by atoms with Crippen molar-refractivity contribution >= 4 is 39.1 Å². The monoisotopic (exact) mass is 381 g/mol. The molecule has 0 aromatic heterocycles. The van der Waals surface area contributed by atoms with E-state index in [1.54, 1.807) is 6.26 Å². The topological polar surface area (TPSA) is 46.2 Å². The molecule has 3 nitrogen and oxygen atoms in total. The lowest BCUT2D eigenvalue weighted by atomic mass is 10.2. The first-order chi connectivity index (χ1) is 10.6. The van der Waals surface area contributed by atoms with E-state index in [0.717, 1.165) is 18.2 Å². The lowest BCUT2D eigenvalue weighted by Gasteiger charge is -2.13. The Morgan fingerprint density at radius 2 is 1.83 bits per heavy atom. The van der Waals surface area contributed by atoms with E-state index in [0.29, 0.717) is 4.90 Å². The number of alkyl halides is 3. The highest BCUT2D eigenvalue weighted by molar-refractivity contribution is 7.99. The minimum Gasteiger partial charge on any atom is -0.280 e.